The Balaban J connectivity index is 2.43. The molecule has 1 heterocycles. The first kappa shape index (κ1) is 16.0. The molecule has 2 rings (SSSR count). The van der Waals surface area contributed by atoms with Crippen molar-refractivity contribution in [2.24, 2.45) is 0 Å². The topological polar surface area (TPSA) is 35.0 Å². The fourth-order valence-corrected chi connectivity index (χ4v) is 1.89. The smallest absolute Gasteiger partial charge is 0.227 e. The highest BCUT2D eigenvalue weighted by Crippen LogP contribution is 2.31. The van der Waals surface area contributed by atoms with Gasteiger partial charge in [0, 0.05) is 17.0 Å². The first-order chi connectivity index (χ1) is 9.68. The lowest BCUT2D eigenvalue weighted by Gasteiger charge is -2.19. The molecular weight excluding hydrogens is 314 g/mol. The Labute approximate surface area is 133 Å². The zero-order chi connectivity index (χ0) is 15.8. The molecule has 3 nitrogen and oxygen atoms in total. The normalized spacial score (nSPS) is 11.6. The van der Waals surface area contributed by atoms with Crippen molar-refractivity contribution in [3.05, 3.63) is 45.6 Å². The fourth-order valence-electron chi connectivity index (χ4n) is 1.56. The highest BCUT2D eigenvalue weighted by atomic mass is 35.5. The number of hydrogen-bond acceptors (Lipinski definition) is 3. The number of hydrogen-bond donors (Lipinski definition) is 0. The minimum atomic E-state index is -0.503. The molecule has 0 amide bonds. The van der Waals surface area contributed by atoms with Crippen LogP contribution in [-0.2, 0) is 5.41 Å². The molecule has 0 saturated heterocycles. The van der Waals surface area contributed by atoms with Gasteiger partial charge in [-0.2, -0.15) is 4.98 Å². The Hall–Kier alpha value is -1.39. The van der Waals surface area contributed by atoms with E-state index in [2.05, 4.69) is 9.97 Å². The summed E-state index contributed by atoms with van der Waals surface area (Å²) in [7, 11) is 0. The van der Waals surface area contributed by atoms with Crippen LogP contribution in [0.5, 0.6) is 11.6 Å². The minimum Gasteiger partial charge on any atom is -0.439 e. The van der Waals surface area contributed by atoms with Crippen molar-refractivity contribution < 1.29 is 9.13 Å². The first-order valence-corrected chi connectivity index (χ1v) is 7.11. The second-order valence-electron chi connectivity index (χ2n) is 5.70. The summed E-state index contributed by atoms with van der Waals surface area (Å²) >= 11 is 11.9. The third-order valence-electron chi connectivity index (χ3n) is 2.82. The van der Waals surface area contributed by atoms with Crippen LogP contribution in [0, 0.1) is 12.7 Å². The fraction of sp³-hybridized carbons (Fsp3) is 0.333. The van der Waals surface area contributed by atoms with Crippen molar-refractivity contribution in [1.29, 1.82) is 0 Å². The average molecular weight is 329 g/mol. The number of nitrogens with zero attached hydrogens (tertiary/aromatic N) is 2. The van der Waals surface area contributed by atoms with E-state index in [-0.39, 0.29) is 10.4 Å². The van der Waals surface area contributed by atoms with E-state index in [0.717, 1.165) is 0 Å². The predicted octanol–water partition coefficient (Wildman–Crippen LogP) is 5.32. The second-order valence-corrected chi connectivity index (χ2v) is 6.46. The van der Waals surface area contributed by atoms with Crippen LogP contribution in [0.25, 0.3) is 0 Å². The SMILES string of the molecule is Cc1c(Cl)nc(C(C)(C)C)nc1Oc1ccc(F)c(Cl)c1. The number of ether oxygens (including phenoxy) is 1. The van der Waals surface area contributed by atoms with Crippen LogP contribution < -0.4 is 4.74 Å². The number of halogens is 3. The van der Waals surface area contributed by atoms with Gasteiger partial charge in [-0.05, 0) is 19.1 Å². The molecule has 1 aromatic heterocycles. The van der Waals surface area contributed by atoms with Crippen LogP contribution in [0.2, 0.25) is 10.2 Å². The van der Waals surface area contributed by atoms with Crippen LogP contribution in [0.3, 0.4) is 0 Å². The zero-order valence-electron chi connectivity index (χ0n) is 12.2. The van der Waals surface area contributed by atoms with Gasteiger partial charge in [0.15, 0.2) is 0 Å². The van der Waals surface area contributed by atoms with Gasteiger partial charge in [0.25, 0.3) is 0 Å². The van der Waals surface area contributed by atoms with E-state index in [1.165, 1.54) is 18.2 Å². The van der Waals surface area contributed by atoms with Gasteiger partial charge in [0.05, 0.1) is 5.02 Å². The molecule has 0 aliphatic carbocycles. The van der Waals surface area contributed by atoms with E-state index in [0.29, 0.717) is 28.2 Å². The maximum atomic E-state index is 13.2. The molecule has 0 unspecified atom stereocenters. The van der Waals surface area contributed by atoms with Crippen molar-refractivity contribution >= 4 is 23.2 Å². The lowest BCUT2D eigenvalue weighted by molar-refractivity contribution is 0.440. The largest absolute Gasteiger partial charge is 0.439 e. The van der Waals surface area contributed by atoms with E-state index >= 15 is 0 Å². The zero-order valence-corrected chi connectivity index (χ0v) is 13.7. The number of rotatable bonds is 2. The highest BCUT2D eigenvalue weighted by Gasteiger charge is 2.21. The van der Waals surface area contributed by atoms with E-state index in [1.807, 2.05) is 20.8 Å². The lowest BCUT2D eigenvalue weighted by Crippen LogP contribution is -2.17. The molecule has 0 bridgehead atoms. The van der Waals surface area contributed by atoms with E-state index in [1.54, 1.807) is 6.92 Å². The van der Waals surface area contributed by atoms with E-state index in [9.17, 15) is 4.39 Å². The van der Waals surface area contributed by atoms with Crippen molar-refractivity contribution in [1.82, 2.24) is 9.97 Å². The molecule has 112 valence electrons. The van der Waals surface area contributed by atoms with Crippen molar-refractivity contribution in [2.45, 2.75) is 33.1 Å². The molecule has 6 heteroatoms. The van der Waals surface area contributed by atoms with Gasteiger partial charge in [-0.25, -0.2) is 9.37 Å². The Kier molecular flexibility index (Phi) is 4.40. The molecule has 21 heavy (non-hydrogen) atoms. The Morgan fingerprint density at radius 1 is 1.14 bits per heavy atom. The number of benzene rings is 1. The number of aromatic nitrogens is 2. The van der Waals surface area contributed by atoms with Gasteiger partial charge in [-0.1, -0.05) is 44.0 Å². The summed E-state index contributed by atoms with van der Waals surface area (Å²) in [5, 5.41) is 0.319. The lowest BCUT2D eigenvalue weighted by atomic mass is 9.96. The Morgan fingerprint density at radius 2 is 1.81 bits per heavy atom. The molecular formula is C15H15Cl2FN2O. The van der Waals surface area contributed by atoms with Gasteiger partial charge >= 0.3 is 0 Å². The van der Waals surface area contributed by atoms with Gasteiger partial charge < -0.3 is 4.74 Å². The van der Waals surface area contributed by atoms with Gasteiger partial charge in [0.1, 0.15) is 22.5 Å². The molecule has 0 fully saturated rings. The van der Waals surface area contributed by atoms with Crippen LogP contribution in [0.1, 0.15) is 32.2 Å². The van der Waals surface area contributed by atoms with Crippen molar-refractivity contribution in [2.75, 3.05) is 0 Å². The maximum absolute atomic E-state index is 13.2. The minimum absolute atomic E-state index is 0.0126. The second kappa shape index (κ2) is 5.78. The molecule has 0 aliphatic heterocycles. The van der Waals surface area contributed by atoms with Gasteiger partial charge in [-0.15, -0.1) is 0 Å². The Bertz CT molecular complexity index is 684. The van der Waals surface area contributed by atoms with E-state index < -0.39 is 5.82 Å². The van der Waals surface area contributed by atoms with Crippen molar-refractivity contribution in [3.63, 3.8) is 0 Å². The van der Waals surface area contributed by atoms with Crippen LogP contribution in [-0.4, -0.2) is 9.97 Å². The molecule has 0 aliphatic rings. The molecule has 0 N–H and O–H groups in total. The summed E-state index contributed by atoms with van der Waals surface area (Å²) in [6, 6.07) is 4.11. The summed E-state index contributed by atoms with van der Waals surface area (Å²) < 4.78 is 18.8. The summed E-state index contributed by atoms with van der Waals surface area (Å²) in [6.45, 7) is 7.70. The molecule has 0 saturated carbocycles. The molecule has 2 aromatic rings. The molecule has 0 radical (unpaired) electrons. The van der Waals surface area contributed by atoms with Crippen LogP contribution in [0.4, 0.5) is 4.39 Å². The quantitative estimate of drug-likeness (QED) is 0.699. The standard InChI is InChI=1S/C15H15Cl2FN2O/c1-8-12(17)19-14(15(2,3)4)20-13(8)21-9-5-6-11(18)10(16)7-9/h5-7H,1-4H3. The predicted molar refractivity (Wildman–Crippen MR) is 82.0 cm³/mol. The highest BCUT2D eigenvalue weighted by molar-refractivity contribution is 6.31. The average Bonchev–Trinajstić information content (AvgIpc) is 2.38. The molecule has 1 aromatic carbocycles. The Morgan fingerprint density at radius 3 is 2.38 bits per heavy atom. The van der Waals surface area contributed by atoms with E-state index in [4.69, 9.17) is 27.9 Å². The first-order valence-electron chi connectivity index (χ1n) is 6.36. The third-order valence-corrected chi connectivity index (χ3v) is 3.48. The summed E-state index contributed by atoms with van der Waals surface area (Å²) in [5.74, 6) is 0.792. The summed E-state index contributed by atoms with van der Waals surface area (Å²) in [6.07, 6.45) is 0. The van der Waals surface area contributed by atoms with Crippen molar-refractivity contribution in [3.8, 4) is 11.6 Å². The monoisotopic (exact) mass is 328 g/mol. The van der Waals surface area contributed by atoms with Gasteiger partial charge in [-0.3, -0.25) is 0 Å². The van der Waals surface area contributed by atoms with Crippen LogP contribution >= 0.6 is 23.2 Å². The third kappa shape index (κ3) is 3.63. The summed E-state index contributed by atoms with van der Waals surface area (Å²) in [5.41, 5.74) is 0.348. The maximum Gasteiger partial charge on any atom is 0.227 e. The van der Waals surface area contributed by atoms with Gasteiger partial charge in [0.2, 0.25) is 5.88 Å². The van der Waals surface area contributed by atoms with Crippen LogP contribution in [0.15, 0.2) is 18.2 Å². The molecule has 0 spiro atoms. The summed E-state index contributed by atoms with van der Waals surface area (Å²) in [4.78, 5) is 8.66. The molecule has 0 atom stereocenters.